The molecule has 0 radical (unpaired) electrons. The van der Waals surface area contributed by atoms with Crippen molar-refractivity contribution in [3.05, 3.63) is 0 Å². The van der Waals surface area contributed by atoms with E-state index in [1.165, 1.54) is 19.3 Å². The second-order valence-electron chi connectivity index (χ2n) is 6.98. The quantitative estimate of drug-likeness (QED) is 0.838. The summed E-state index contributed by atoms with van der Waals surface area (Å²) in [5.74, 6) is 1.02. The smallest absolute Gasteiger partial charge is 0.281 e. The Kier molecular flexibility index (Phi) is 6.24. The summed E-state index contributed by atoms with van der Waals surface area (Å²) in [6, 6.07) is -0.161. The van der Waals surface area contributed by atoms with Gasteiger partial charge in [0.15, 0.2) is 6.04 Å². The maximum Gasteiger partial charge on any atom is 0.281 e. The molecule has 1 saturated heterocycles. The molecule has 0 bridgehead atoms. The summed E-state index contributed by atoms with van der Waals surface area (Å²) < 4.78 is 0. The molecule has 2 aliphatic rings. The highest BCUT2D eigenvalue weighted by molar-refractivity contribution is 5.82. The van der Waals surface area contributed by atoms with Gasteiger partial charge in [-0.1, -0.05) is 33.1 Å². The first-order valence-corrected chi connectivity index (χ1v) is 8.95. The van der Waals surface area contributed by atoms with Crippen LogP contribution in [-0.4, -0.2) is 53.8 Å². The Hall–Kier alpha value is -1.10. The Morgan fingerprint density at radius 3 is 2.14 bits per heavy atom. The Labute approximate surface area is 134 Å². The zero-order valence-corrected chi connectivity index (χ0v) is 14.2. The average Bonchev–Trinajstić information content (AvgIpc) is 2.60. The van der Waals surface area contributed by atoms with Gasteiger partial charge in [-0.15, -0.1) is 0 Å². The van der Waals surface area contributed by atoms with E-state index in [2.05, 4.69) is 19.6 Å². The topological polar surface area (TPSA) is 68.3 Å². The van der Waals surface area contributed by atoms with E-state index in [0.29, 0.717) is 38.0 Å². The van der Waals surface area contributed by atoms with Crippen molar-refractivity contribution in [2.24, 2.45) is 11.8 Å². The number of rotatable bonds is 4. The number of piperazine rings is 1. The van der Waals surface area contributed by atoms with Crippen molar-refractivity contribution in [3.8, 4) is 0 Å². The zero-order valence-electron chi connectivity index (χ0n) is 14.2. The highest BCUT2D eigenvalue weighted by Gasteiger charge is 2.33. The van der Waals surface area contributed by atoms with Gasteiger partial charge in [0.25, 0.3) is 5.91 Å². The molecular formula is C17H32N3O2+. The number of hydrogen-bond acceptors (Lipinski definition) is 2. The molecular weight excluding hydrogens is 278 g/mol. The standard InChI is InChI=1S/C17H31N3O2/c1-3-13(2)15(18)17(22)20-11-9-19(10-12-20)16(21)14-7-5-4-6-8-14/h13-15H,3-12,18H2,1-2H3/p+1/t13-,15-/m0/s1. The van der Waals surface area contributed by atoms with Crippen molar-refractivity contribution >= 4 is 11.8 Å². The third-order valence-corrected chi connectivity index (χ3v) is 5.51. The SMILES string of the molecule is CC[C@H](C)[C@H]([NH3+])C(=O)N1CCN(C(=O)C2CCCCC2)CC1. The number of quaternary nitrogens is 1. The van der Waals surface area contributed by atoms with E-state index in [0.717, 1.165) is 19.3 Å². The lowest BCUT2D eigenvalue weighted by Gasteiger charge is -2.37. The van der Waals surface area contributed by atoms with Gasteiger partial charge in [-0.25, -0.2) is 0 Å². The predicted molar refractivity (Wildman–Crippen MR) is 85.9 cm³/mol. The van der Waals surface area contributed by atoms with Crippen LogP contribution in [0, 0.1) is 11.8 Å². The highest BCUT2D eigenvalue weighted by atomic mass is 16.2. The minimum absolute atomic E-state index is 0.152. The number of hydrogen-bond donors (Lipinski definition) is 1. The van der Waals surface area contributed by atoms with Crippen molar-refractivity contribution in [2.45, 2.75) is 58.4 Å². The molecule has 3 N–H and O–H groups in total. The predicted octanol–water partition coefficient (Wildman–Crippen LogP) is 0.894. The molecule has 2 fully saturated rings. The van der Waals surface area contributed by atoms with E-state index in [1.807, 2.05) is 9.80 Å². The van der Waals surface area contributed by atoms with E-state index in [-0.39, 0.29) is 17.9 Å². The van der Waals surface area contributed by atoms with Crippen LogP contribution in [-0.2, 0) is 9.59 Å². The minimum Gasteiger partial charge on any atom is -0.347 e. The van der Waals surface area contributed by atoms with Crippen LogP contribution < -0.4 is 5.73 Å². The van der Waals surface area contributed by atoms with E-state index < -0.39 is 0 Å². The zero-order chi connectivity index (χ0) is 16.1. The first-order chi connectivity index (χ1) is 10.5. The maximum atomic E-state index is 12.5. The number of amides is 2. The maximum absolute atomic E-state index is 12.5. The summed E-state index contributed by atoms with van der Waals surface area (Å²) in [4.78, 5) is 28.8. The molecule has 2 rings (SSSR count). The van der Waals surface area contributed by atoms with Crippen LogP contribution >= 0.6 is 0 Å². The second-order valence-corrected chi connectivity index (χ2v) is 6.98. The Morgan fingerprint density at radius 1 is 1.05 bits per heavy atom. The van der Waals surface area contributed by atoms with Crippen LogP contribution in [0.15, 0.2) is 0 Å². The summed E-state index contributed by atoms with van der Waals surface area (Å²) in [6.07, 6.45) is 6.71. The van der Waals surface area contributed by atoms with Gasteiger partial charge >= 0.3 is 0 Å². The van der Waals surface area contributed by atoms with Crippen LogP contribution in [0.25, 0.3) is 0 Å². The van der Waals surface area contributed by atoms with Gasteiger partial charge in [-0.05, 0) is 19.3 Å². The minimum atomic E-state index is -0.161. The largest absolute Gasteiger partial charge is 0.347 e. The molecule has 1 heterocycles. The molecule has 22 heavy (non-hydrogen) atoms. The molecule has 0 unspecified atom stereocenters. The van der Waals surface area contributed by atoms with Crippen LogP contribution in [0.1, 0.15) is 52.4 Å². The van der Waals surface area contributed by atoms with Gasteiger partial charge in [0, 0.05) is 38.0 Å². The normalized spacial score (nSPS) is 23.2. The molecule has 0 aromatic rings. The van der Waals surface area contributed by atoms with E-state index in [1.54, 1.807) is 0 Å². The Balaban J connectivity index is 1.82. The van der Waals surface area contributed by atoms with Crippen LogP contribution in [0.4, 0.5) is 0 Å². The van der Waals surface area contributed by atoms with Crippen LogP contribution in [0.3, 0.4) is 0 Å². The Morgan fingerprint density at radius 2 is 1.59 bits per heavy atom. The number of carbonyl (C=O) groups excluding carboxylic acids is 2. The molecule has 0 aromatic carbocycles. The average molecular weight is 310 g/mol. The number of carbonyl (C=O) groups is 2. The first-order valence-electron chi connectivity index (χ1n) is 8.95. The summed E-state index contributed by atoms with van der Waals surface area (Å²) in [5.41, 5.74) is 4.04. The van der Waals surface area contributed by atoms with E-state index in [4.69, 9.17) is 0 Å². The van der Waals surface area contributed by atoms with Gasteiger partial charge in [0.05, 0.1) is 0 Å². The van der Waals surface area contributed by atoms with Crippen molar-refractivity contribution in [2.75, 3.05) is 26.2 Å². The molecule has 1 saturated carbocycles. The van der Waals surface area contributed by atoms with Gasteiger partial charge in [0.2, 0.25) is 5.91 Å². The van der Waals surface area contributed by atoms with Crippen molar-refractivity contribution < 1.29 is 15.3 Å². The van der Waals surface area contributed by atoms with Crippen LogP contribution in [0.5, 0.6) is 0 Å². The molecule has 5 heteroatoms. The lowest BCUT2D eigenvalue weighted by Crippen LogP contribution is -2.71. The third kappa shape index (κ3) is 4.00. The first kappa shape index (κ1) is 17.3. The molecule has 1 aliphatic heterocycles. The van der Waals surface area contributed by atoms with Crippen molar-refractivity contribution in [3.63, 3.8) is 0 Å². The lowest BCUT2D eigenvalue weighted by atomic mass is 9.88. The van der Waals surface area contributed by atoms with Gasteiger partial charge in [-0.3, -0.25) is 9.59 Å². The molecule has 2 atom stereocenters. The molecule has 5 nitrogen and oxygen atoms in total. The second kappa shape index (κ2) is 7.95. The lowest BCUT2D eigenvalue weighted by molar-refractivity contribution is -0.417. The highest BCUT2D eigenvalue weighted by Crippen LogP contribution is 2.25. The fraction of sp³-hybridized carbons (Fsp3) is 0.882. The fourth-order valence-corrected chi connectivity index (χ4v) is 3.52. The fourth-order valence-electron chi connectivity index (χ4n) is 3.52. The molecule has 0 aromatic heterocycles. The van der Waals surface area contributed by atoms with E-state index >= 15 is 0 Å². The third-order valence-electron chi connectivity index (χ3n) is 5.51. The summed E-state index contributed by atoms with van der Waals surface area (Å²) in [7, 11) is 0. The summed E-state index contributed by atoms with van der Waals surface area (Å²) in [5, 5.41) is 0. The van der Waals surface area contributed by atoms with E-state index in [9.17, 15) is 9.59 Å². The Bertz CT molecular complexity index is 363. The number of nitrogens with zero attached hydrogens (tertiary/aromatic N) is 2. The van der Waals surface area contributed by atoms with Crippen molar-refractivity contribution in [1.82, 2.24) is 9.80 Å². The summed E-state index contributed by atoms with van der Waals surface area (Å²) >= 11 is 0. The van der Waals surface area contributed by atoms with Gasteiger partial charge in [0.1, 0.15) is 0 Å². The molecule has 0 spiro atoms. The monoisotopic (exact) mass is 310 g/mol. The molecule has 2 amide bonds. The van der Waals surface area contributed by atoms with Crippen molar-refractivity contribution in [1.29, 1.82) is 0 Å². The van der Waals surface area contributed by atoms with Gasteiger partial charge in [-0.2, -0.15) is 0 Å². The van der Waals surface area contributed by atoms with Gasteiger partial charge < -0.3 is 15.5 Å². The summed E-state index contributed by atoms with van der Waals surface area (Å²) in [6.45, 7) is 6.89. The molecule has 126 valence electrons. The van der Waals surface area contributed by atoms with Crippen LogP contribution in [0.2, 0.25) is 0 Å². The molecule has 1 aliphatic carbocycles.